The van der Waals surface area contributed by atoms with Gasteiger partial charge in [0.25, 0.3) is 0 Å². The van der Waals surface area contributed by atoms with Crippen LogP contribution in [0.15, 0.2) is 0 Å². The molecule has 1 aliphatic carbocycles. The van der Waals surface area contributed by atoms with Gasteiger partial charge in [0.15, 0.2) is 0 Å². The number of thiol groups is 1. The molecule has 106 valence electrons. The molecule has 1 heterocycles. The largest absolute Gasteiger partial charge is 0.300 e. The summed E-state index contributed by atoms with van der Waals surface area (Å²) in [6.45, 7) is 10.9. The molecule has 1 unspecified atom stereocenters. The minimum atomic E-state index is 0.523. The van der Waals surface area contributed by atoms with Crippen molar-refractivity contribution in [1.82, 2.24) is 9.80 Å². The van der Waals surface area contributed by atoms with Gasteiger partial charge >= 0.3 is 0 Å². The summed E-state index contributed by atoms with van der Waals surface area (Å²) in [6, 6.07) is 0.726. The molecule has 0 aromatic carbocycles. The summed E-state index contributed by atoms with van der Waals surface area (Å²) in [5.41, 5.74) is 0.523. The fourth-order valence-electron chi connectivity index (χ4n) is 3.83. The molecule has 2 fully saturated rings. The Balaban J connectivity index is 1.88. The zero-order valence-corrected chi connectivity index (χ0v) is 13.1. The van der Waals surface area contributed by atoms with E-state index in [-0.39, 0.29) is 0 Å². The lowest BCUT2D eigenvalue weighted by Gasteiger charge is -2.45. The van der Waals surface area contributed by atoms with Crippen LogP contribution in [0.5, 0.6) is 0 Å². The molecule has 18 heavy (non-hydrogen) atoms. The zero-order chi connectivity index (χ0) is 13.0. The number of likely N-dealkylation sites (N-methyl/N-ethyl adjacent to an activating group) is 1. The highest BCUT2D eigenvalue weighted by molar-refractivity contribution is 7.80. The summed E-state index contributed by atoms with van der Waals surface area (Å²) >= 11 is 4.67. The van der Waals surface area contributed by atoms with Gasteiger partial charge in [-0.25, -0.2) is 0 Å². The Bertz CT molecular complexity index is 251. The van der Waals surface area contributed by atoms with Gasteiger partial charge in [-0.05, 0) is 37.5 Å². The molecule has 2 nitrogen and oxygen atoms in total. The van der Waals surface area contributed by atoms with Gasteiger partial charge in [0, 0.05) is 32.2 Å². The first-order chi connectivity index (χ1) is 8.69. The first kappa shape index (κ1) is 14.7. The van der Waals surface area contributed by atoms with E-state index in [2.05, 4.69) is 36.3 Å². The lowest BCUT2D eigenvalue weighted by Crippen LogP contribution is -2.54. The van der Waals surface area contributed by atoms with Crippen molar-refractivity contribution in [1.29, 1.82) is 0 Å². The van der Waals surface area contributed by atoms with Crippen LogP contribution in [0.4, 0.5) is 0 Å². The summed E-state index contributed by atoms with van der Waals surface area (Å²) < 4.78 is 0. The number of hydrogen-bond acceptors (Lipinski definition) is 3. The van der Waals surface area contributed by atoms with Crippen LogP contribution in [0.25, 0.3) is 0 Å². The van der Waals surface area contributed by atoms with Gasteiger partial charge in [-0.2, -0.15) is 12.6 Å². The molecule has 0 spiro atoms. The highest BCUT2D eigenvalue weighted by Crippen LogP contribution is 2.38. The van der Waals surface area contributed by atoms with Gasteiger partial charge in [0.05, 0.1) is 0 Å². The van der Waals surface area contributed by atoms with Gasteiger partial charge in [0.1, 0.15) is 0 Å². The molecule has 2 rings (SSSR count). The standard InChI is InChI=1S/C15H30N2S/c1-3-17-10-9-16(11-14(17)2)12-15(13-18)7-5-4-6-8-15/h14,18H,3-13H2,1-2H3. The number of nitrogens with zero attached hydrogens (tertiary/aromatic N) is 2. The maximum absolute atomic E-state index is 4.67. The fraction of sp³-hybridized carbons (Fsp3) is 1.00. The van der Waals surface area contributed by atoms with Crippen molar-refractivity contribution >= 4 is 12.6 Å². The van der Waals surface area contributed by atoms with E-state index in [4.69, 9.17) is 0 Å². The van der Waals surface area contributed by atoms with E-state index in [0.717, 1.165) is 11.8 Å². The van der Waals surface area contributed by atoms with E-state index in [1.165, 1.54) is 64.8 Å². The lowest BCUT2D eigenvalue weighted by atomic mass is 9.75. The second-order valence-corrected chi connectivity index (χ2v) is 6.75. The van der Waals surface area contributed by atoms with Crippen molar-refractivity contribution in [3.8, 4) is 0 Å². The van der Waals surface area contributed by atoms with Crippen LogP contribution >= 0.6 is 12.6 Å². The second-order valence-electron chi connectivity index (χ2n) is 6.43. The van der Waals surface area contributed by atoms with E-state index in [1.54, 1.807) is 0 Å². The second kappa shape index (κ2) is 6.62. The number of rotatable bonds is 4. The maximum Gasteiger partial charge on any atom is 0.0195 e. The van der Waals surface area contributed by atoms with Gasteiger partial charge in [-0.3, -0.25) is 9.80 Å². The van der Waals surface area contributed by atoms with Gasteiger partial charge in [-0.15, -0.1) is 0 Å². The van der Waals surface area contributed by atoms with Crippen LogP contribution < -0.4 is 0 Å². The summed E-state index contributed by atoms with van der Waals surface area (Å²) in [4.78, 5) is 5.31. The van der Waals surface area contributed by atoms with E-state index < -0.39 is 0 Å². The Morgan fingerprint density at radius 3 is 2.44 bits per heavy atom. The van der Waals surface area contributed by atoms with Crippen molar-refractivity contribution < 1.29 is 0 Å². The third-order valence-electron chi connectivity index (χ3n) is 5.06. The maximum atomic E-state index is 4.67. The molecule has 0 N–H and O–H groups in total. The molecule has 0 amide bonds. The molecule has 2 aliphatic rings. The van der Waals surface area contributed by atoms with Crippen molar-refractivity contribution in [2.45, 2.75) is 52.0 Å². The van der Waals surface area contributed by atoms with Crippen LogP contribution in [0.1, 0.15) is 46.0 Å². The molecule has 1 aliphatic heterocycles. The van der Waals surface area contributed by atoms with Crippen LogP contribution in [0.2, 0.25) is 0 Å². The van der Waals surface area contributed by atoms with Crippen molar-refractivity contribution in [2.24, 2.45) is 5.41 Å². The lowest BCUT2D eigenvalue weighted by molar-refractivity contribution is 0.0477. The molecular formula is C15H30N2S. The molecule has 1 atom stereocenters. The zero-order valence-electron chi connectivity index (χ0n) is 12.2. The molecule has 0 radical (unpaired) electrons. The SMILES string of the molecule is CCN1CCN(CC2(CS)CCCCC2)CC1C. The van der Waals surface area contributed by atoms with E-state index in [0.29, 0.717) is 5.41 Å². The Hall–Kier alpha value is 0.270. The fourth-order valence-corrected chi connectivity index (χ4v) is 4.24. The molecule has 0 bridgehead atoms. The number of piperazine rings is 1. The quantitative estimate of drug-likeness (QED) is 0.785. The minimum Gasteiger partial charge on any atom is -0.300 e. The molecule has 0 aromatic rings. The van der Waals surface area contributed by atoms with Crippen LogP contribution in [-0.4, -0.2) is 54.3 Å². The molecule has 1 saturated heterocycles. The summed E-state index contributed by atoms with van der Waals surface area (Å²) in [6.07, 6.45) is 7.09. The van der Waals surface area contributed by atoms with Crippen molar-refractivity contribution in [2.75, 3.05) is 38.5 Å². The summed E-state index contributed by atoms with van der Waals surface area (Å²) in [5.74, 6) is 1.08. The van der Waals surface area contributed by atoms with E-state index in [9.17, 15) is 0 Å². The highest BCUT2D eigenvalue weighted by Gasteiger charge is 2.34. The Morgan fingerprint density at radius 1 is 1.17 bits per heavy atom. The molecule has 3 heteroatoms. The molecule has 1 saturated carbocycles. The minimum absolute atomic E-state index is 0.523. The average molecular weight is 270 g/mol. The molecular weight excluding hydrogens is 240 g/mol. The summed E-state index contributed by atoms with van der Waals surface area (Å²) in [7, 11) is 0. The third-order valence-corrected chi connectivity index (χ3v) is 5.73. The topological polar surface area (TPSA) is 6.48 Å². The Labute approximate surface area is 119 Å². The third kappa shape index (κ3) is 3.43. The monoisotopic (exact) mass is 270 g/mol. The Kier molecular flexibility index (Phi) is 5.40. The van der Waals surface area contributed by atoms with Crippen LogP contribution in [-0.2, 0) is 0 Å². The normalized spacial score (nSPS) is 30.5. The first-order valence-corrected chi connectivity index (χ1v) is 8.39. The van der Waals surface area contributed by atoms with Crippen molar-refractivity contribution in [3.63, 3.8) is 0 Å². The first-order valence-electron chi connectivity index (χ1n) is 7.76. The van der Waals surface area contributed by atoms with E-state index in [1.807, 2.05) is 0 Å². The van der Waals surface area contributed by atoms with Gasteiger partial charge < -0.3 is 0 Å². The van der Waals surface area contributed by atoms with Crippen molar-refractivity contribution in [3.05, 3.63) is 0 Å². The highest BCUT2D eigenvalue weighted by atomic mass is 32.1. The van der Waals surface area contributed by atoms with Crippen LogP contribution in [0.3, 0.4) is 0 Å². The van der Waals surface area contributed by atoms with Gasteiger partial charge in [0.2, 0.25) is 0 Å². The summed E-state index contributed by atoms with van der Waals surface area (Å²) in [5, 5.41) is 0. The van der Waals surface area contributed by atoms with Crippen LogP contribution in [0, 0.1) is 5.41 Å². The number of hydrogen-bond donors (Lipinski definition) is 1. The smallest absolute Gasteiger partial charge is 0.0195 e. The van der Waals surface area contributed by atoms with Gasteiger partial charge in [-0.1, -0.05) is 26.2 Å². The Morgan fingerprint density at radius 2 is 1.89 bits per heavy atom. The molecule has 0 aromatic heterocycles. The predicted molar refractivity (Wildman–Crippen MR) is 82.5 cm³/mol. The van der Waals surface area contributed by atoms with E-state index >= 15 is 0 Å². The predicted octanol–water partition coefficient (Wildman–Crippen LogP) is 2.89. The average Bonchev–Trinajstić information content (AvgIpc) is 2.40.